The number of unbranched alkanes of at least 4 members (excludes halogenated alkanes) is 1. The number of aliphatic imine (C=N–C) groups is 1. The van der Waals surface area contributed by atoms with E-state index in [2.05, 4.69) is 15.6 Å². The van der Waals surface area contributed by atoms with Crippen LogP contribution in [0.3, 0.4) is 0 Å². The van der Waals surface area contributed by atoms with Gasteiger partial charge in [0.05, 0.1) is 13.2 Å². The fraction of sp³-hybridized carbons (Fsp3) is 0.588. The Morgan fingerprint density at radius 2 is 1.83 bits per heavy atom. The van der Waals surface area contributed by atoms with E-state index in [0.717, 1.165) is 32.0 Å². The second-order valence-electron chi connectivity index (χ2n) is 5.08. The van der Waals surface area contributed by atoms with Gasteiger partial charge in [0.1, 0.15) is 5.82 Å². The Hall–Kier alpha value is -0.930. The average molecular weight is 453 g/mol. The SMILES string of the molecule is CN=C(NCCCCOCCOC)NCCc1ccccc1F.I. The zero-order chi connectivity index (χ0) is 16.8. The van der Waals surface area contributed by atoms with Crippen LogP contribution < -0.4 is 10.6 Å². The minimum Gasteiger partial charge on any atom is -0.382 e. The molecule has 1 aromatic rings. The van der Waals surface area contributed by atoms with E-state index < -0.39 is 0 Å². The molecular weight excluding hydrogens is 424 g/mol. The average Bonchev–Trinajstić information content (AvgIpc) is 2.57. The summed E-state index contributed by atoms with van der Waals surface area (Å²) in [7, 11) is 3.39. The van der Waals surface area contributed by atoms with Gasteiger partial charge in [0.15, 0.2) is 5.96 Å². The van der Waals surface area contributed by atoms with Crippen LogP contribution in [-0.2, 0) is 15.9 Å². The number of methoxy groups -OCH3 is 1. The molecule has 0 fully saturated rings. The Morgan fingerprint density at radius 1 is 1.08 bits per heavy atom. The van der Waals surface area contributed by atoms with E-state index in [1.807, 2.05) is 6.07 Å². The summed E-state index contributed by atoms with van der Waals surface area (Å²) in [5.41, 5.74) is 0.712. The number of rotatable bonds is 11. The number of guanidine groups is 1. The highest BCUT2D eigenvalue weighted by Crippen LogP contribution is 2.05. The molecule has 0 aliphatic heterocycles. The summed E-state index contributed by atoms with van der Waals surface area (Å²) in [5.74, 6) is 0.576. The van der Waals surface area contributed by atoms with Gasteiger partial charge >= 0.3 is 0 Å². The van der Waals surface area contributed by atoms with Crippen LogP contribution in [0.25, 0.3) is 0 Å². The summed E-state index contributed by atoms with van der Waals surface area (Å²) in [6.45, 7) is 3.48. The zero-order valence-electron chi connectivity index (χ0n) is 14.5. The third-order valence-electron chi connectivity index (χ3n) is 3.31. The van der Waals surface area contributed by atoms with Gasteiger partial charge in [-0.1, -0.05) is 18.2 Å². The predicted molar refractivity (Wildman–Crippen MR) is 107 cm³/mol. The fourth-order valence-electron chi connectivity index (χ4n) is 2.02. The van der Waals surface area contributed by atoms with E-state index in [4.69, 9.17) is 9.47 Å². The van der Waals surface area contributed by atoms with Gasteiger partial charge in [-0.3, -0.25) is 4.99 Å². The standard InChI is InChI=1S/C17H28FN3O2.HI/c1-19-17(20-10-5-6-12-23-14-13-22-2)21-11-9-15-7-3-4-8-16(15)18;/h3-4,7-8H,5-6,9-14H2,1-2H3,(H2,19,20,21);1H. The Morgan fingerprint density at radius 3 is 2.54 bits per heavy atom. The number of hydrogen-bond acceptors (Lipinski definition) is 3. The van der Waals surface area contributed by atoms with Crippen molar-refractivity contribution in [2.45, 2.75) is 19.3 Å². The number of halogens is 2. The Kier molecular flexibility index (Phi) is 15.0. The molecule has 0 aliphatic rings. The first-order chi connectivity index (χ1) is 11.3. The van der Waals surface area contributed by atoms with Gasteiger partial charge in [0.25, 0.3) is 0 Å². The lowest BCUT2D eigenvalue weighted by Gasteiger charge is -2.12. The molecule has 7 heteroatoms. The lowest BCUT2D eigenvalue weighted by molar-refractivity contribution is 0.0689. The first kappa shape index (κ1) is 23.1. The molecule has 0 aromatic heterocycles. The molecule has 138 valence electrons. The molecule has 0 spiro atoms. The zero-order valence-corrected chi connectivity index (χ0v) is 16.8. The first-order valence-corrected chi connectivity index (χ1v) is 8.02. The van der Waals surface area contributed by atoms with Crippen LogP contribution in [0.1, 0.15) is 18.4 Å². The molecule has 0 radical (unpaired) electrons. The van der Waals surface area contributed by atoms with Crippen LogP contribution in [0.2, 0.25) is 0 Å². The second kappa shape index (κ2) is 15.6. The topological polar surface area (TPSA) is 54.9 Å². The highest BCUT2D eigenvalue weighted by molar-refractivity contribution is 14.0. The molecule has 0 amide bonds. The quantitative estimate of drug-likeness (QED) is 0.234. The van der Waals surface area contributed by atoms with E-state index in [9.17, 15) is 4.39 Å². The monoisotopic (exact) mass is 453 g/mol. The largest absolute Gasteiger partial charge is 0.382 e. The first-order valence-electron chi connectivity index (χ1n) is 8.02. The van der Waals surface area contributed by atoms with Crippen molar-refractivity contribution in [3.05, 3.63) is 35.6 Å². The summed E-state index contributed by atoms with van der Waals surface area (Å²) in [4.78, 5) is 4.15. The van der Waals surface area contributed by atoms with Crippen LogP contribution in [0.4, 0.5) is 4.39 Å². The van der Waals surface area contributed by atoms with Gasteiger partial charge < -0.3 is 20.1 Å². The molecule has 5 nitrogen and oxygen atoms in total. The smallest absolute Gasteiger partial charge is 0.190 e. The fourth-order valence-corrected chi connectivity index (χ4v) is 2.02. The maximum absolute atomic E-state index is 13.5. The van der Waals surface area contributed by atoms with E-state index >= 15 is 0 Å². The number of hydrogen-bond donors (Lipinski definition) is 2. The third kappa shape index (κ3) is 10.8. The number of ether oxygens (including phenoxy) is 2. The van der Waals surface area contributed by atoms with Crippen molar-refractivity contribution in [2.75, 3.05) is 47.1 Å². The maximum Gasteiger partial charge on any atom is 0.190 e. The summed E-state index contributed by atoms with van der Waals surface area (Å²) >= 11 is 0. The molecular formula is C17H29FIN3O2. The van der Waals surface area contributed by atoms with Gasteiger partial charge in [0.2, 0.25) is 0 Å². The molecule has 0 bridgehead atoms. The third-order valence-corrected chi connectivity index (χ3v) is 3.31. The van der Waals surface area contributed by atoms with Gasteiger partial charge in [-0.2, -0.15) is 0 Å². The summed E-state index contributed by atoms with van der Waals surface area (Å²) in [5, 5.41) is 6.43. The van der Waals surface area contributed by atoms with E-state index in [-0.39, 0.29) is 29.8 Å². The van der Waals surface area contributed by atoms with Crippen molar-refractivity contribution >= 4 is 29.9 Å². The van der Waals surface area contributed by atoms with Crippen LogP contribution in [0.15, 0.2) is 29.3 Å². The van der Waals surface area contributed by atoms with Crippen molar-refractivity contribution in [3.8, 4) is 0 Å². The van der Waals surface area contributed by atoms with Crippen LogP contribution >= 0.6 is 24.0 Å². The molecule has 24 heavy (non-hydrogen) atoms. The van der Waals surface area contributed by atoms with E-state index in [1.54, 1.807) is 26.3 Å². The second-order valence-corrected chi connectivity index (χ2v) is 5.08. The highest BCUT2D eigenvalue weighted by Gasteiger charge is 2.01. The predicted octanol–water partition coefficient (Wildman–Crippen LogP) is 2.59. The summed E-state index contributed by atoms with van der Waals surface area (Å²) in [6, 6.07) is 6.83. The number of nitrogens with one attached hydrogen (secondary N) is 2. The van der Waals surface area contributed by atoms with Crippen LogP contribution in [0.5, 0.6) is 0 Å². The van der Waals surface area contributed by atoms with Crippen molar-refractivity contribution in [1.29, 1.82) is 0 Å². The Labute approximate surface area is 161 Å². The molecule has 0 saturated heterocycles. The van der Waals surface area contributed by atoms with Crippen molar-refractivity contribution in [2.24, 2.45) is 4.99 Å². The molecule has 0 aliphatic carbocycles. The van der Waals surface area contributed by atoms with Crippen molar-refractivity contribution < 1.29 is 13.9 Å². The molecule has 1 rings (SSSR count). The number of benzene rings is 1. The minimum absolute atomic E-state index is 0. The lowest BCUT2D eigenvalue weighted by atomic mass is 10.1. The maximum atomic E-state index is 13.5. The summed E-state index contributed by atoms with van der Waals surface area (Å²) in [6.07, 6.45) is 2.62. The Bertz CT molecular complexity index is 461. The van der Waals surface area contributed by atoms with E-state index in [1.165, 1.54) is 6.07 Å². The van der Waals surface area contributed by atoms with Crippen LogP contribution in [-0.4, -0.2) is 53.0 Å². The van der Waals surface area contributed by atoms with Gasteiger partial charge in [-0.15, -0.1) is 24.0 Å². The lowest BCUT2D eigenvalue weighted by Crippen LogP contribution is -2.38. The van der Waals surface area contributed by atoms with Crippen molar-refractivity contribution in [1.82, 2.24) is 10.6 Å². The van der Waals surface area contributed by atoms with E-state index in [0.29, 0.717) is 31.7 Å². The van der Waals surface area contributed by atoms with Crippen LogP contribution in [0, 0.1) is 5.82 Å². The van der Waals surface area contributed by atoms with Gasteiger partial charge in [-0.25, -0.2) is 4.39 Å². The van der Waals surface area contributed by atoms with Crippen molar-refractivity contribution in [3.63, 3.8) is 0 Å². The minimum atomic E-state index is -0.161. The molecule has 0 atom stereocenters. The molecule has 0 unspecified atom stereocenters. The summed E-state index contributed by atoms with van der Waals surface area (Å²) < 4.78 is 23.8. The molecule has 1 aromatic carbocycles. The molecule has 0 saturated carbocycles. The Balaban J connectivity index is 0.00000529. The molecule has 2 N–H and O–H groups in total. The normalized spacial score (nSPS) is 11.0. The van der Waals surface area contributed by atoms with Gasteiger partial charge in [0, 0.05) is 33.9 Å². The highest BCUT2D eigenvalue weighted by atomic mass is 127. The number of nitrogens with zero attached hydrogens (tertiary/aromatic N) is 1. The van der Waals surface area contributed by atoms with Gasteiger partial charge in [-0.05, 0) is 30.9 Å². The molecule has 0 heterocycles.